The van der Waals surface area contributed by atoms with E-state index in [9.17, 15) is 0 Å². The molecule has 0 spiro atoms. The molecule has 1 aliphatic heterocycles. The Hall–Kier alpha value is -1.02. The van der Waals surface area contributed by atoms with Gasteiger partial charge in [-0.1, -0.05) is 19.1 Å². The van der Waals surface area contributed by atoms with Gasteiger partial charge in [0, 0.05) is 25.3 Å². The first kappa shape index (κ1) is 8.57. The number of rotatable bonds is 2. The average Bonchev–Trinajstić information content (AvgIpc) is 2.13. The molecule has 70 valence electrons. The molecule has 2 N–H and O–H groups in total. The van der Waals surface area contributed by atoms with Crippen molar-refractivity contribution in [3.8, 4) is 0 Å². The molecular formula is C11H16N2. The van der Waals surface area contributed by atoms with E-state index in [1.54, 1.807) is 0 Å². The highest BCUT2D eigenvalue weighted by Crippen LogP contribution is 2.23. The summed E-state index contributed by atoms with van der Waals surface area (Å²) in [5.74, 6) is 0.856. The number of anilines is 1. The Kier molecular flexibility index (Phi) is 2.23. The largest absolute Gasteiger partial charge is 0.371 e. The summed E-state index contributed by atoms with van der Waals surface area (Å²) in [5, 5.41) is 0. The zero-order chi connectivity index (χ0) is 9.26. The van der Waals surface area contributed by atoms with Gasteiger partial charge in [-0.25, -0.2) is 0 Å². The molecule has 0 amide bonds. The molecule has 13 heavy (non-hydrogen) atoms. The van der Waals surface area contributed by atoms with Crippen LogP contribution in [0.1, 0.15) is 12.5 Å². The molecule has 0 radical (unpaired) electrons. The Morgan fingerprint density at radius 2 is 1.92 bits per heavy atom. The van der Waals surface area contributed by atoms with Crippen LogP contribution in [0.2, 0.25) is 0 Å². The van der Waals surface area contributed by atoms with E-state index < -0.39 is 0 Å². The molecule has 2 nitrogen and oxygen atoms in total. The Morgan fingerprint density at radius 1 is 1.31 bits per heavy atom. The van der Waals surface area contributed by atoms with E-state index in [1.165, 1.54) is 24.3 Å². The van der Waals surface area contributed by atoms with Crippen LogP contribution in [0.3, 0.4) is 0 Å². The van der Waals surface area contributed by atoms with Gasteiger partial charge in [-0.2, -0.15) is 0 Å². The maximum Gasteiger partial charge on any atom is 0.0366 e. The third kappa shape index (κ3) is 1.68. The van der Waals surface area contributed by atoms with Crippen LogP contribution in [-0.2, 0) is 6.54 Å². The van der Waals surface area contributed by atoms with Gasteiger partial charge in [0.1, 0.15) is 0 Å². The van der Waals surface area contributed by atoms with Crippen molar-refractivity contribution in [2.24, 2.45) is 11.7 Å². The predicted octanol–water partition coefficient (Wildman–Crippen LogP) is 1.60. The lowest BCUT2D eigenvalue weighted by molar-refractivity contribution is 0.447. The van der Waals surface area contributed by atoms with Crippen molar-refractivity contribution in [3.05, 3.63) is 29.8 Å². The second-order valence-corrected chi connectivity index (χ2v) is 3.88. The van der Waals surface area contributed by atoms with Gasteiger partial charge in [0.2, 0.25) is 0 Å². The van der Waals surface area contributed by atoms with Crippen LogP contribution in [0, 0.1) is 5.92 Å². The quantitative estimate of drug-likeness (QED) is 0.741. The lowest BCUT2D eigenvalue weighted by Crippen LogP contribution is -2.45. The van der Waals surface area contributed by atoms with E-state index in [4.69, 9.17) is 5.73 Å². The number of nitrogens with zero attached hydrogens (tertiary/aromatic N) is 1. The molecule has 1 fully saturated rings. The highest BCUT2D eigenvalue weighted by atomic mass is 15.2. The lowest BCUT2D eigenvalue weighted by atomic mass is 10.0. The maximum absolute atomic E-state index is 5.53. The number of hydrogen-bond donors (Lipinski definition) is 1. The van der Waals surface area contributed by atoms with Gasteiger partial charge < -0.3 is 10.6 Å². The summed E-state index contributed by atoms with van der Waals surface area (Å²) in [6.07, 6.45) is 0. The average molecular weight is 176 g/mol. The minimum absolute atomic E-state index is 0.636. The van der Waals surface area contributed by atoms with Crippen LogP contribution in [0.25, 0.3) is 0 Å². The van der Waals surface area contributed by atoms with Crippen LogP contribution >= 0.6 is 0 Å². The van der Waals surface area contributed by atoms with Gasteiger partial charge >= 0.3 is 0 Å². The molecular weight excluding hydrogens is 160 g/mol. The molecule has 1 heterocycles. The second-order valence-electron chi connectivity index (χ2n) is 3.88. The molecule has 1 aromatic rings. The van der Waals surface area contributed by atoms with E-state index in [2.05, 4.69) is 36.1 Å². The lowest BCUT2D eigenvalue weighted by Gasteiger charge is -2.39. The van der Waals surface area contributed by atoms with Crippen molar-refractivity contribution in [2.45, 2.75) is 13.5 Å². The zero-order valence-electron chi connectivity index (χ0n) is 8.03. The Labute approximate surface area is 79.4 Å². The summed E-state index contributed by atoms with van der Waals surface area (Å²) < 4.78 is 0. The summed E-state index contributed by atoms with van der Waals surface area (Å²) in [5.41, 5.74) is 8.07. The minimum Gasteiger partial charge on any atom is -0.371 e. The molecule has 2 rings (SSSR count). The Balaban J connectivity index is 2.06. The second kappa shape index (κ2) is 3.38. The number of hydrogen-bond acceptors (Lipinski definition) is 2. The van der Waals surface area contributed by atoms with Crippen LogP contribution in [0.5, 0.6) is 0 Å². The normalized spacial score (nSPS) is 17.2. The van der Waals surface area contributed by atoms with E-state index >= 15 is 0 Å². The Morgan fingerprint density at radius 3 is 2.38 bits per heavy atom. The third-order valence-corrected chi connectivity index (χ3v) is 2.60. The topological polar surface area (TPSA) is 29.3 Å². The molecule has 0 saturated carbocycles. The highest BCUT2D eigenvalue weighted by Gasteiger charge is 2.21. The van der Waals surface area contributed by atoms with Crippen LogP contribution < -0.4 is 10.6 Å². The van der Waals surface area contributed by atoms with E-state index in [0.717, 1.165) is 5.92 Å². The molecule has 0 aromatic heterocycles. The first-order valence-electron chi connectivity index (χ1n) is 4.83. The minimum atomic E-state index is 0.636. The molecule has 2 heteroatoms. The molecule has 0 bridgehead atoms. The summed E-state index contributed by atoms with van der Waals surface area (Å²) >= 11 is 0. The number of benzene rings is 1. The van der Waals surface area contributed by atoms with Crippen LogP contribution in [0.15, 0.2) is 24.3 Å². The van der Waals surface area contributed by atoms with E-state index in [-0.39, 0.29) is 0 Å². The summed E-state index contributed by atoms with van der Waals surface area (Å²) in [6, 6.07) is 8.54. The van der Waals surface area contributed by atoms with E-state index in [1.807, 2.05) is 0 Å². The summed E-state index contributed by atoms with van der Waals surface area (Å²) in [7, 11) is 0. The SMILES string of the molecule is CC1CN(c2ccc(CN)cc2)C1. The van der Waals surface area contributed by atoms with Gasteiger partial charge in [-0.15, -0.1) is 0 Å². The Bertz CT molecular complexity index is 273. The van der Waals surface area contributed by atoms with Gasteiger partial charge in [0.25, 0.3) is 0 Å². The van der Waals surface area contributed by atoms with Crippen molar-refractivity contribution in [1.82, 2.24) is 0 Å². The molecule has 0 unspecified atom stereocenters. The standard InChI is InChI=1S/C11H16N2/c1-9-7-13(8-9)11-4-2-10(6-12)3-5-11/h2-5,9H,6-8,12H2,1H3. The van der Waals surface area contributed by atoms with Crippen molar-refractivity contribution < 1.29 is 0 Å². The number of nitrogens with two attached hydrogens (primary N) is 1. The molecule has 0 aliphatic carbocycles. The third-order valence-electron chi connectivity index (χ3n) is 2.60. The fourth-order valence-corrected chi connectivity index (χ4v) is 1.75. The van der Waals surface area contributed by atoms with Crippen molar-refractivity contribution in [3.63, 3.8) is 0 Å². The van der Waals surface area contributed by atoms with Gasteiger partial charge in [0.15, 0.2) is 0 Å². The first-order valence-corrected chi connectivity index (χ1v) is 4.83. The molecule has 0 atom stereocenters. The molecule has 1 aliphatic rings. The highest BCUT2D eigenvalue weighted by molar-refractivity contribution is 5.49. The maximum atomic E-state index is 5.53. The smallest absolute Gasteiger partial charge is 0.0366 e. The van der Waals surface area contributed by atoms with Crippen molar-refractivity contribution >= 4 is 5.69 Å². The first-order chi connectivity index (χ1) is 6.29. The van der Waals surface area contributed by atoms with E-state index in [0.29, 0.717) is 6.54 Å². The predicted molar refractivity (Wildman–Crippen MR) is 55.7 cm³/mol. The van der Waals surface area contributed by atoms with Gasteiger partial charge in [-0.05, 0) is 23.6 Å². The van der Waals surface area contributed by atoms with Gasteiger partial charge in [-0.3, -0.25) is 0 Å². The summed E-state index contributed by atoms with van der Waals surface area (Å²) in [6.45, 7) is 5.31. The van der Waals surface area contributed by atoms with Crippen LogP contribution in [-0.4, -0.2) is 13.1 Å². The molecule has 1 saturated heterocycles. The fraction of sp³-hybridized carbons (Fsp3) is 0.455. The monoisotopic (exact) mass is 176 g/mol. The summed E-state index contributed by atoms with van der Waals surface area (Å²) in [4.78, 5) is 2.39. The van der Waals surface area contributed by atoms with Gasteiger partial charge in [0.05, 0.1) is 0 Å². The van der Waals surface area contributed by atoms with Crippen molar-refractivity contribution in [2.75, 3.05) is 18.0 Å². The molecule has 1 aromatic carbocycles. The zero-order valence-corrected chi connectivity index (χ0v) is 8.03. The fourth-order valence-electron chi connectivity index (χ4n) is 1.75. The van der Waals surface area contributed by atoms with Crippen LogP contribution in [0.4, 0.5) is 5.69 Å². The van der Waals surface area contributed by atoms with Crippen molar-refractivity contribution in [1.29, 1.82) is 0 Å².